The number of carbonyl (C=O) groups is 1. The number of nitrogens with zero attached hydrogens (tertiary/aromatic N) is 2. The van der Waals surface area contributed by atoms with Gasteiger partial charge in [-0.25, -0.2) is 4.98 Å². The van der Waals surface area contributed by atoms with Crippen molar-refractivity contribution in [1.29, 1.82) is 0 Å². The molecule has 0 amide bonds. The SMILES string of the molecule is Cc1ccc(N(CCOCc2ccccc2)CCc2csc(SC(C)(C)C(=O)O)n2)c(C)c1. The predicted molar refractivity (Wildman–Crippen MR) is 138 cm³/mol. The van der Waals surface area contributed by atoms with Crippen molar-refractivity contribution in [3.05, 3.63) is 76.3 Å². The number of carboxylic acids is 1. The van der Waals surface area contributed by atoms with Gasteiger partial charge in [0.05, 0.1) is 18.9 Å². The number of aromatic nitrogens is 1. The van der Waals surface area contributed by atoms with Crippen LogP contribution in [0, 0.1) is 13.8 Å². The van der Waals surface area contributed by atoms with E-state index in [9.17, 15) is 9.90 Å². The summed E-state index contributed by atoms with van der Waals surface area (Å²) in [7, 11) is 0. The number of hydrogen-bond acceptors (Lipinski definition) is 6. The highest BCUT2D eigenvalue weighted by atomic mass is 32.2. The second-order valence-electron chi connectivity index (χ2n) is 8.59. The van der Waals surface area contributed by atoms with Crippen molar-refractivity contribution in [2.75, 3.05) is 24.6 Å². The smallest absolute Gasteiger partial charge is 0.319 e. The molecule has 33 heavy (non-hydrogen) atoms. The second-order valence-corrected chi connectivity index (χ2v) is 11.3. The van der Waals surface area contributed by atoms with E-state index >= 15 is 0 Å². The molecule has 0 saturated carbocycles. The molecule has 1 aromatic heterocycles. The summed E-state index contributed by atoms with van der Waals surface area (Å²) in [5.41, 5.74) is 5.87. The normalized spacial score (nSPS) is 11.5. The van der Waals surface area contributed by atoms with E-state index in [-0.39, 0.29) is 0 Å². The fourth-order valence-electron chi connectivity index (χ4n) is 3.41. The van der Waals surface area contributed by atoms with E-state index in [1.165, 1.54) is 45.5 Å². The quantitative estimate of drug-likeness (QED) is 0.252. The molecular weight excluding hydrogens is 452 g/mol. The van der Waals surface area contributed by atoms with Gasteiger partial charge < -0.3 is 14.7 Å². The molecule has 1 heterocycles. The monoisotopic (exact) mass is 484 g/mol. The summed E-state index contributed by atoms with van der Waals surface area (Å²) in [6, 6.07) is 16.7. The highest BCUT2D eigenvalue weighted by Gasteiger charge is 2.29. The number of thioether (sulfide) groups is 1. The first-order chi connectivity index (χ1) is 15.7. The van der Waals surface area contributed by atoms with Crippen molar-refractivity contribution in [3.8, 4) is 0 Å². The van der Waals surface area contributed by atoms with Gasteiger partial charge in [0.2, 0.25) is 0 Å². The van der Waals surface area contributed by atoms with Gasteiger partial charge in [0.1, 0.15) is 4.75 Å². The van der Waals surface area contributed by atoms with Gasteiger partial charge in [0, 0.05) is 30.6 Å². The van der Waals surface area contributed by atoms with Crippen LogP contribution in [0.3, 0.4) is 0 Å². The van der Waals surface area contributed by atoms with Gasteiger partial charge in [-0.3, -0.25) is 4.79 Å². The zero-order chi connectivity index (χ0) is 23.8. The van der Waals surface area contributed by atoms with Crippen molar-refractivity contribution in [2.24, 2.45) is 0 Å². The van der Waals surface area contributed by atoms with E-state index in [0.717, 1.165) is 29.5 Å². The molecule has 5 nitrogen and oxygen atoms in total. The molecule has 0 aliphatic heterocycles. The molecule has 0 atom stereocenters. The molecule has 0 aliphatic rings. The Labute approximate surface area is 204 Å². The first-order valence-corrected chi connectivity index (χ1v) is 12.7. The highest BCUT2D eigenvalue weighted by molar-refractivity contribution is 8.02. The first-order valence-electron chi connectivity index (χ1n) is 11.1. The maximum absolute atomic E-state index is 11.4. The maximum Gasteiger partial charge on any atom is 0.319 e. The molecule has 1 N–H and O–H groups in total. The topological polar surface area (TPSA) is 62.7 Å². The van der Waals surface area contributed by atoms with Crippen molar-refractivity contribution in [2.45, 2.75) is 49.8 Å². The number of hydrogen-bond donors (Lipinski definition) is 1. The fourth-order valence-corrected chi connectivity index (χ4v) is 5.64. The third-order valence-corrected chi connectivity index (χ3v) is 7.51. The standard InChI is InChI=1S/C26H32N2O3S2/c1-19-10-11-23(20(2)16-19)28(14-15-31-17-21-8-6-5-7-9-21)13-12-22-18-32-25(27-22)33-26(3,4)24(29)30/h5-11,16,18H,12-15,17H2,1-4H3,(H,29,30). The van der Waals surface area contributed by atoms with Crippen LogP contribution < -0.4 is 4.90 Å². The Morgan fingerprint density at radius 2 is 1.91 bits per heavy atom. The van der Waals surface area contributed by atoms with Crippen LogP contribution in [-0.4, -0.2) is 40.5 Å². The van der Waals surface area contributed by atoms with Gasteiger partial charge in [-0.2, -0.15) is 0 Å². The predicted octanol–water partition coefficient (Wildman–Crippen LogP) is 5.98. The molecule has 176 valence electrons. The molecule has 0 saturated heterocycles. The van der Waals surface area contributed by atoms with Crippen LogP contribution in [0.4, 0.5) is 5.69 Å². The summed E-state index contributed by atoms with van der Waals surface area (Å²) in [6.45, 7) is 10.5. The Morgan fingerprint density at radius 1 is 1.15 bits per heavy atom. The Kier molecular flexibility index (Phi) is 8.95. The van der Waals surface area contributed by atoms with Crippen molar-refractivity contribution < 1.29 is 14.6 Å². The molecule has 7 heteroatoms. The fraction of sp³-hybridized carbons (Fsp3) is 0.385. The van der Waals surface area contributed by atoms with Crippen molar-refractivity contribution >= 4 is 34.8 Å². The highest BCUT2D eigenvalue weighted by Crippen LogP contribution is 2.34. The van der Waals surface area contributed by atoms with Crippen LogP contribution in [0.5, 0.6) is 0 Å². The second kappa shape index (κ2) is 11.7. The van der Waals surface area contributed by atoms with E-state index in [2.05, 4.69) is 54.1 Å². The van der Waals surface area contributed by atoms with Gasteiger partial charge in [-0.05, 0) is 44.9 Å². The van der Waals surface area contributed by atoms with E-state index in [1.54, 1.807) is 13.8 Å². The third-order valence-electron chi connectivity index (χ3n) is 5.34. The largest absolute Gasteiger partial charge is 0.480 e. The van der Waals surface area contributed by atoms with Crippen LogP contribution >= 0.6 is 23.1 Å². The Hall–Kier alpha value is -2.35. The molecule has 0 unspecified atom stereocenters. The van der Waals surface area contributed by atoms with Gasteiger partial charge >= 0.3 is 5.97 Å². The minimum absolute atomic E-state index is 0.605. The van der Waals surface area contributed by atoms with Crippen LogP contribution in [0.25, 0.3) is 0 Å². The molecule has 0 bridgehead atoms. The number of ether oxygens (including phenoxy) is 1. The number of aliphatic carboxylic acids is 1. The lowest BCUT2D eigenvalue weighted by Gasteiger charge is -2.26. The van der Waals surface area contributed by atoms with Crippen molar-refractivity contribution in [3.63, 3.8) is 0 Å². The lowest BCUT2D eigenvalue weighted by atomic mass is 10.1. The van der Waals surface area contributed by atoms with E-state index in [4.69, 9.17) is 4.74 Å². The molecule has 0 aliphatic carbocycles. The number of aryl methyl sites for hydroxylation is 2. The molecule has 0 fully saturated rings. The minimum Gasteiger partial charge on any atom is -0.480 e. The third kappa shape index (κ3) is 7.59. The van der Waals surface area contributed by atoms with Gasteiger partial charge in [-0.15, -0.1) is 11.3 Å². The molecule has 3 rings (SSSR count). The number of thiazole rings is 1. The number of carboxylic acid groups (broad SMARTS) is 1. The molecule has 0 radical (unpaired) electrons. The van der Waals surface area contributed by atoms with Crippen LogP contribution in [0.15, 0.2) is 58.3 Å². The van der Waals surface area contributed by atoms with Crippen LogP contribution in [0.2, 0.25) is 0 Å². The van der Waals surface area contributed by atoms with Crippen LogP contribution in [0.1, 0.15) is 36.2 Å². The maximum atomic E-state index is 11.4. The summed E-state index contributed by atoms with van der Waals surface area (Å²) >= 11 is 2.81. The van der Waals surface area contributed by atoms with E-state index in [0.29, 0.717) is 13.2 Å². The van der Waals surface area contributed by atoms with Crippen molar-refractivity contribution in [1.82, 2.24) is 4.98 Å². The Morgan fingerprint density at radius 3 is 2.61 bits per heavy atom. The first kappa shape index (κ1) is 25.3. The number of anilines is 1. The number of rotatable bonds is 12. The lowest BCUT2D eigenvalue weighted by Crippen LogP contribution is -2.30. The van der Waals surface area contributed by atoms with E-state index in [1.807, 2.05) is 23.6 Å². The Bertz CT molecular complexity index is 1050. The molecule has 2 aromatic carbocycles. The summed E-state index contributed by atoms with van der Waals surface area (Å²) in [4.78, 5) is 18.4. The summed E-state index contributed by atoms with van der Waals surface area (Å²) in [5, 5.41) is 11.4. The average molecular weight is 485 g/mol. The van der Waals surface area contributed by atoms with Gasteiger partial charge in [0.15, 0.2) is 4.34 Å². The zero-order valence-electron chi connectivity index (χ0n) is 19.7. The summed E-state index contributed by atoms with van der Waals surface area (Å²) in [6.07, 6.45) is 0.788. The van der Waals surface area contributed by atoms with Crippen LogP contribution in [-0.2, 0) is 22.6 Å². The zero-order valence-corrected chi connectivity index (χ0v) is 21.3. The molecule has 0 spiro atoms. The minimum atomic E-state index is -0.893. The average Bonchev–Trinajstić information content (AvgIpc) is 3.21. The summed E-state index contributed by atoms with van der Waals surface area (Å²) in [5.74, 6) is -0.833. The van der Waals surface area contributed by atoms with Gasteiger partial charge in [-0.1, -0.05) is 59.8 Å². The number of benzene rings is 2. The molecule has 3 aromatic rings. The Balaban J connectivity index is 1.62. The van der Waals surface area contributed by atoms with E-state index < -0.39 is 10.7 Å². The lowest BCUT2D eigenvalue weighted by molar-refractivity contribution is -0.138. The van der Waals surface area contributed by atoms with Gasteiger partial charge in [0.25, 0.3) is 0 Å². The molecular formula is C26H32N2O3S2. The summed E-state index contributed by atoms with van der Waals surface area (Å²) < 4.78 is 5.86.